The van der Waals surface area contributed by atoms with Crippen LogP contribution in [0.15, 0.2) is 103 Å². The summed E-state index contributed by atoms with van der Waals surface area (Å²) in [5.74, 6) is 0. The van der Waals surface area contributed by atoms with Gasteiger partial charge in [-0.3, -0.25) is 0 Å². The van der Waals surface area contributed by atoms with Gasteiger partial charge in [0, 0.05) is 14.1 Å². The molecule has 4 aromatic carbocycles. The number of quaternary nitrogens is 1. The topological polar surface area (TPSA) is 0 Å². The van der Waals surface area contributed by atoms with E-state index in [1.54, 1.807) is 0 Å². The van der Waals surface area contributed by atoms with Gasteiger partial charge in [-0.25, -0.2) is 0 Å². The number of nitrogens with zero attached hydrogens (tertiary/aromatic N) is 1. The second kappa shape index (κ2) is 8.45. The third-order valence-electron chi connectivity index (χ3n) is 7.96. The van der Waals surface area contributed by atoms with Gasteiger partial charge in [0.25, 0.3) is 6.28 Å². The van der Waals surface area contributed by atoms with Crippen LogP contribution in [-0.4, -0.2) is 31.3 Å². The highest BCUT2D eigenvalue weighted by molar-refractivity contribution is 7.11. The molecule has 4 aromatic rings. The third-order valence-corrected chi connectivity index (χ3v) is 7.96. The molecule has 34 heavy (non-hydrogen) atoms. The van der Waals surface area contributed by atoms with E-state index in [0.717, 1.165) is 10.9 Å². The van der Waals surface area contributed by atoms with Crippen LogP contribution in [0.25, 0.3) is 11.0 Å². The summed E-state index contributed by atoms with van der Waals surface area (Å²) in [5, 5.41) is 0. The van der Waals surface area contributed by atoms with Crippen LogP contribution < -0.4 is 10.9 Å². The molecule has 0 saturated carbocycles. The van der Waals surface area contributed by atoms with Crippen molar-refractivity contribution in [3.63, 3.8) is 0 Å². The first-order valence-electron chi connectivity index (χ1n) is 12.3. The fraction of sp³-hybridized carbons (Fsp3) is 0.188. The lowest BCUT2D eigenvalue weighted by molar-refractivity contribution is -0.774. The van der Waals surface area contributed by atoms with Crippen molar-refractivity contribution in [3.05, 3.63) is 131 Å². The summed E-state index contributed by atoms with van der Waals surface area (Å²) < 4.78 is 0.888. The first-order valence-corrected chi connectivity index (χ1v) is 12.3. The van der Waals surface area contributed by atoms with Gasteiger partial charge in [0.1, 0.15) is 0 Å². The fourth-order valence-corrected chi connectivity index (χ4v) is 6.29. The summed E-state index contributed by atoms with van der Waals surface area (Å²) in [4.78, 5) is 0. The molecule has 0 atom stereocenters. The molecule has 170 valence electrons. The summed E-state index contributed by atoms with van der Waals surface area (Å²) in [6, 6.07) is 38.8. The lowest BCUT2D eigenvalue weighted by atomic mass is 9.21. The van der Waals surface area contributed by atoms with Gasteiger partial charge in [0.05, 0.1) is 6.54 Å². The molecule has 1 aliphatic rings. The van der Waals surface area contributed by atoms with Gasteiger partial charge in [-0.15, -0.1) is 16.4 Å². The zero-order valence-electron chi connectivity index (χ0n) is 21.0. The molecule has 1 heterocycles. The lowest BCUT2D eigenvalue weighted by Crippen LogP contribution is -2.75. The first-order chi connectivity index (χ1) is 16.3. The number of likely N-dealkylation sites (N-methyl/N-ethyl adjacent to an activating group) is 1. The van der Waals surface area contributed by atoms with Crippen molar-refractivity contribution in [3.8, 4) is 0 Å². The molecule has 2 heteroatoms. The van der Waals surface area contributed by atoms with E-state index in [1.807, 2.05) is 0 Å². The Morgan fingerprint density at radius 1 is 0.529 bits per heavy atom. The van der Waals surface area contributed by atoms with Gasteiger partial charge in [-0.1, -0.05) is 125 Å². The molecule has 0 aliphatic carbocycles. The van der Waals surface area contributed by atoms with Crippen LogP contribution in [0.3, 0.4) is 0 Å². The normalized spacial score (nSPS) is 16.6. The standard InChI is InChI=1S/C32H34BN/c1-24-11-17-28(18-12-24)32-31(27-9-7-6-8-10-27)23-34(4,5)33(32,29-19-13-25(2)14-20-29)30-21-15-26(3)16-22-30/h6-22H,23H2,1-5H3. The second-order valence-electron chi connectivity index (χ2n) is 10.7. The van der Waals surface area contributed by atoms with Gasteiger partial charge in [-0.05, 0) is 31.9 Å². The SMILES string of the molecule is Cc1ccc(C2=C(c3ccccc3)C[N+](C)(C)[B-]2(c2ccc(C)cc2)c2ccc(C)cc2)cc1. The molecule has 0 fully saturated rings. The molecule has 0 amide bonds. The van der Waals surface area contributed by atoms with E-state index in [9.17, 15) is 0 Å². The van der Waals surface area contributed by atoms with Gasteiger partial charge >= 0.3 is 0 Å². The van der Waals surface area contributed by atoms with Gasteiger partial charge in [0.15, 0.2) is 0 Å². The molecule has 0 N–H and O–H groups in total. The predicted octanol–water partition coefficient (Wildman–Crippen LogP) is 5.91. The highest BCUT2D eigenvalue weighted by atomic mass is 15.3. The third kappa shape index (κ3) is 3.54. The Kier molecular flexibility index (Phi) is 5.58. The van der Waals surface area contributed by atoms with E-state index in [4.69, 9.17) is 0 Å². The maximum Gasteiger partial charge on any atom is 0.292 e. The van der Waals surface area contributed by atoms with E-state index in [1.165, 1.54) is 49.8 Å². The molecule has 0 bridgehead atoms. The zero-order chi connectivity index (χ0) is 23.9. The maximum absolute atomic E-state index is 2.42. The van der Waals surface area contributed by atoms with Crippen LogP contribution in [0, 0.1) is 20.8 Å². The zero-order valence-corrected chi connectivity index (χ0v) is 21.0. The van der Waals surface area contributed by atoms with Gasteiger partial charge in [0.2, 0.25) is 0 Å². The number of hydrogen-bond donors (Lipinski definition) is 0. The lowest BCUT2D eigenvalue weighted by Gasteiger charge is -2.53. The molecular formula is C32H34BN. The second-order valence-corrected chi connectivity index (χ2v) is 10.7. The summed E-state index contributed by atoms with van der Waals surface area (Å²) in [7, 11) is 4.84. The Balaban J connectivity index is 1.93. The number of hydrogen-bond acceptors (Lipinski definition) is 0. The van der Waals surface area contributed by atoms with Crippen molar-refractivity contribution < 1.29 is 4.39 Å². The fourth-order valence-electron chi connectivity index (χ4n) is 6.29. The minimum Gasteiger partial charge on any atom is -0.505 e. The molecule has 0 spiro atoms. The Hall–Kier alpha value is -3.36. The van der Waals surface area contributed by atoms with Crippen LogP contribution in [-0.2, 0) is 0 Å². The smallest absolute Gasteiger partial charge is 0.292 e. The molecule has 0 unspecified atom stereocenters. The van der Waals surface area contributed by atoms with E-state index in [0.29, 0.717) is 0 Å². The Morgan fingerprint density at radius 2 is 0.971 bits per heavy atom. The van der Waals surface area contributed by atoms with E-state index < -0.39 is 6.28 Å². The molecule has 0 radical (unpaired) electrons. The Bertz CT molecular complexity index is 1280. The molecule has 1 nitrogen and oxygen atoms in total. The largest absolute Gasteiger partial charge is 0.505 e. The molecule has 0 saturated heterocycles. The van der Waals surface area contributed by atoms with Crippen molar-refractivity contribution in [2.75, 3.05) is 20.6 Å². The maximum atomic E-state index is 2.42. The average molecular weight is 443 g/mol. The molecular weight excluding hydrogens is 409 g/mol. The molecule has 5 rings (SSSR count). The Labute approximate surface area is 204 Å². The summed E-state index contributed by atoms with van der Waals surface area (Å²) in [6.45, 7) is 7.50. The van der Waals surface area contributed by atoms with Crippen molar-refractivity contribution in [2.45, 2.75) is 20.8 Å². The highest BCUT2D eigenvalue weighted by Crippen LogP contribution is 2.45. The summed E-state index contributed by atoms with van der Waals surface area (Å²) in [6.07, 6.45) is -1.30. The van der Waals surface area contributed by atoms with Crippen molar-refractivity contribution in [1.82, 2.24) is 0 Å². The van der Waals surface area contributed by atoms with Crippen molar-refractivity contribution in [2.24, 2.45) is 0 Å². The Morgan fingerprint density at radius 3 is 1.44 bits per heavy atom. The summed E-state index contributed by atoms with van der Waals surface area (Å²) >= 11 is 0. The van der Waals surface area contributed by atoms with Crippen molar-refractivity contribution >= 4 is 28.3 Å². The monoisotopic (exact) mass is 443 g/mol. The van der Waals surface area contributed by atoms with Crippen LogP contribution in [0.4, 0.5) is 0 Å². The number of rotatable bonds is 4. The minimum absolute atomic E-state index is 0.888. The quantitative estimate of drug-likeness (QED) is 0.344. The minimum atomic E-state index is -1.30. The van der Waals surface area contributed by atoms with Gasteiger partial charge in [-0.2, -0.15) is 0 Å². The van der Waals surface area contributed by atoms with E-state index in [-0.39, 0.29) is 0 Å². The summed E-state index contributed by atoms with van der Waals surface area (Å²) in [5.41, 5.74) is 12.3. The van der Waals surface area contributed by atoms with Crippen LogP contribution in [0.2, 0.25) is 0 Å². The highest BCUT2D eigenvalue weighted by Gasteiger charge is 2.53. The number of benzene rings is 4. The van der Waals surface area contributed by atoms with Crippen LogP contribution in [0.1, 0.15) is 27.8 Å². The van der Waals surface area contributed by atoms with Crippen molar-refractivity contribution in [1.29, 1.82) is 0 Å². The van der Waals surface area contributed by atoms with Crippen LogP contribution >= 0.6 is 0 Å². The predicted molar refractivity (Wildman–Crippen MR) is 149 cm³/mol. The van der Waals surface area contributed by atoms with Crippen LogP contribution in [0.5, 0.6) is 0 Å². The average Bonchev–Trinajstić information content (AvgIpc) is 3.09. The van der Waals surface area contributed by atoms with E-state index >= 15 is 0 Å². The van der Waals surface area contributed by atoms with Gasteiger partial charge < -0.3 is 4.39 Å². The van der Waals surface area contributed by atoms with E-state index in [2.05, 4.69) is 138 Å². The molecule has 1 aliphatic heterocycles. The molecule has 0 aromatic heterocycles. The number of aryl methyl sites for hydroxylation is 3. The first kappa shape index (κ1) is 22.4.